The molecular formula is C30H27N5O6S. The van der Waals surface area contributed by atoms with Gasteiger partial charge in [0.25, 0.3) is 11.8 Å². The molecule has 0 aliphatic heterocycles. The van der Waals surface area contributed by atoms with Crippen LogP contribution in [0.4, 0.5) is 10.6 Å². The van der Waals surface area contributed by atoms with Crippen molar-refractivity contribution in [2.45, 2.75) is 6.42 Å². The summed E-state index contributed by atoms with van der Waals surface area (Å²) in [6.07, 6.45) is -0.708. The van der Waals surface area contributed by atoms with Crippen molar-refractivity contribution in [1.29, 1.82) is 5.26 Å². The molecule has 0 spiro atoms. The van der Waals surface area contributed by atoms with Crippen molar-refractivity contribution in [2.75, 3.05) is 32.3 Å². The topological polar surface area (TPSA) is 163 Å². The number of hydrogen-bond acceptors (Lipinski definition) is 8. The Balaban J connectivity index is 1.74. The van der Waals surface area contributed by atoms with Crippen molar-refractivity contribution in [1.82, 2.24) is 15.6 Å². The number of hydrogen-bond donors (Lipinski definition) is 4. The lowest BCUT2D eigenvalue weighted by atomic mass is 9.96. The van der Waals surface area contributed by atoms with Crippen LogP contribution in [0.1, 0.15) is 32.0 Å². The normalized spacial score (nSPS) is 10.4. The van der Waals surface area contributed by atoms with Crippen LogP contribution in [0.5, 0.6) is 5.75 Å². The zero-order valence-electron chi connectivity index (χ0n) is 22.5. The number of methoxy groups -OCH3 is 1. The molecule has 0 atom stereocenters. The van der Waals surface area contributed by atoms with Gasteiger partial charge in [-0.05, 0) is 53.8 Å². The SMILES string of the molecule is COCOc1ccccc1-c1cc(-c2cccc(C(=O)NCCCNC(=O)O)c2)c(C#N)c(NC(=O)c2cccs2)n1. The largest absolute Gasteiger partial charge is 0.467 e. The molecule has 4 rings (SSSR count). The summed E-state index contributed by atoms with van der Waals surface area (Å²) in [7, 11) is 1.51. The Morgan fingerprint density at radius 3 is 2.52 bits per heavy atom. The van der Waals surface area contributed by atoms with Crippen molar-refractivity contribution in [3.05, 3.63) is 88.1 Å². The number of anilines is 1. The molecule has 0 aliphatic carbocycles. The van der Waals surface area contributed by atoms with E-state index in [9.17, 15) is 19.6 Å². The highest BCUT2D eigenvalue weighted by Crippen LogP contribution is 2.36. The van der Waals surface area contributed by atoms with Crippen molar-refractivity contribution < 1.29 is 29.0 Å². The predicted molar refractivity (Wildman–Crippen MR) is 158 cm³/mol. The third kappa shape index (κ3) is 7.48. The number of carbonyl (C=O) groups is 3. The van der Waals surface area contributed by atoms with Gasteiger partial charge in [0.15, 0.2) is 12.6 Å². The number of nitriles is 1. The minimum absolute atomic E-state index is 0.00560. The van der Waals surface area contributed by atoms with Crippen LogP contribution in [0.15, 0.2) is 72.1 Å². The summed E-state index contributed by atoms with van der Waals surface area (Å²) in [6, 6.07) is 21.2. The van der Waals surface area contributed by atoms with Crippen molar-refractivity contribution >= 4 is 35.1 Å². The molecule has 2 aromatic carbocycles. The first-order valence-corrected chi connectivity index (χ1v) is 13.7. The van der Waals surface area contributed by atoms with E-state index >= 15 is 0 Å². The maximum Gasteiger partial charge on any atom is 0.404 e. The van der Waals surface area contributed by atoms with Gasteiger partial charge >= 0.3 is 6.09 Å². The highest BCUT2D eigenvalue weighted by molar-refractivity contribution is 7.12. The number of nitrogens with one attached hydrogen (secondary N) is 3. The standard InChI is InChI=1S/C30H27N5O6S/c1-40-18-41-25-10-3-2-9-21(25)24-16-22(23(17-31)27(34-24)35-29(37)26-11-5-14-42-26)19-7-4-8-20(15-19)28(36)32-12-6-13-33-30(38)39/h2-5,7-11,14-16,33H,6,12-13,18H2,1H3,(H,32,36)(H,38,39)(H,34,35,37). The maximum absolute atomic E-state index is 13.0. The molecule has 0 saturated carbocycles. The molecule has 12 heteroatoms. The lowest BCUT2D eigenvalue weighted by molar-refractivity contribution is 0.0515. The Bertz CT molecular complexity index is 1620. The minimum Gasteiger partial charge on any atom is -0.467 e. The van der Waals surface area contributed by atoms with E-state index in [1.54, 1.807) is 66.0 Å². The third-order valence-corrected chi connectivity index (χ3v) is 6.82. The van der Waals surface area contributed by atoms with Crippen LogP contribution < -0.4 is 20.7 Å². The molecule has 0 unspecified atom stereocenters. The molecule has 11 nitrogen and oxygen atoms in total. The van der Waals surface area contributed by atoms with Gasteiger partial charge in [-0.3, -0.25) is 9.59 Å². The van der Waals surface area contributed by atoms with E-state index in [-0.39, 0.29) is 37.2 Å². The van der Waals surface area contributed by atoms with Crippen LogP contribution in [0.2, 0.25) is 0 Å². The summed E-state index contributed by atoms with van der Waals surface area (Å²) in [5.41, 5.74) is 2.50. The molecule has 0 bridgehead atoms. The van der Waals surface area contributed by atoms with Gasteiger partial charge < -0.3 is 30.5 Å². The first kappa shape index (κ1) is 29.7. The van der Waals surface area contributed by atoms with Gasteiger partial charge in [0.05, 0.1) is 10.6 Å². The molecule has 2 aromatic heterocycles. The smallest absolute Gasteiger partial charge is 0.404 e. The number of rotatable bonds is 12. The molecule has 0 saturated heterocycles. The number of ether oxygens (including phenoxy) is 2. The monoisotopic (exact) mass is 585 g/mol. The molecule has 2 heterocycles. The van der Waals surface area contributed by atoms with Crippen molar-refractivity contribution in [3.63, 3.8) is 0 Å². The average molecular weight is 586 g/mol. The minimum atomic E-state index is -1.13. The number of carbonyl (C=O) groups excluding carboxylic acids is 2. The van der Waals surface area contributed by atoms with E-state index < -0.39 is 12.0 Å². The van der Waals surface area contributed by atoms with Crippen molar-refractivity contribution in [2.24, 2.45) is 0 Å². The predicted octanol–water partition coefficient (Wildman–Crippen LogP) is 4.97. The first-order valence-electron chi connectivity index (χ1n) is 12.8. The Labute approximate surface area is 245 Å². The number of carboxylic acid groups (broad SMARTS) is 1. The zero-order chi connectivity index (χ0) is 29.9. The van der Waals surface area contributed by atoms with Crippen LogP contribution in [-0.4, -0.2) is 55.0 Å². The Morgan fingerprint density at radius 1 is 0.976 bits per heavy atom. The van der Waals surface area contributed by atoms with E-state index in [1.807, 2.05) is 6.07 Å². The fourth-order valence-corrected chi connectivity index (χ4v) is 4.65. The van der Waals surface area contributed by atoms with Crippen LogP contribution in [0.25, 0.3) is 22.4 Å². The molecule has 0 radical (unpaired) electrons. The third-order valence-electron chi connectivity index (χ3n) is 5.95. The van der Waals surface area contributed by atoms with Crippen LogP contribution in [-0.2, 0) is 4.74 Å². The zero-order valence-corrected chi connectivity index (χ0v) is 23.4. The van der Waals surface area contributed by atoms with Gasteiger partial charge in [0.1, 0.15) is 17.4 Å². The molecule has 4 N–H and O–H groups in total. The fraction of sp³-hybridized carbons (Fsp3) is 0.167. The second-order valence-corrected chi connectivity index (χ2v) is 9.74. The number of amides is 3. The van der Waals surface area contributed by atoms with Gasteiger partial charge in [0.2, 0.25) is 0 Å². The summed E-state index contributed by atoms with van der Waals surface area (Å²) in [6.45, 7) is 0.478. The number of pyridine rings is 1. The van der Waals surface area contributed by atoms with E-state index in [1.165, 1.54) is 18.4 Å². The molecule has 0 fully saturated rings. The van der Waals surface area contributed by atoms with Gasteiger partial charge in [-0.2, -0.15) is 5.26 Å². The number of para-hydroxylation sites is 1. The van der Waals surface area contributed by atoms with Crippen LogP contribution >= 0.6 is 11.3 Å². The summed E-state index contributed by atoms with van der Waals surface area (Å²) in [4.78, 5) is 41.5. The lowest BCUT2D eigenvalue weighted by Gasteiger charge is -2.16. The fourth-order valence-electron chi connectivity index (χ4n) is 4.03. The van der Waals surface area contributed by atoms with Crippen molar-refractivity contribution in [3.8, 4) is 34.2 Å². The molecular weight excluding hydrogens is 558 g/mol. The summed E-state index contributed by atoms with van der Waals surface area (Å²) >= 11 is 1.26. The number of thiophene rings is 1. The second-order valence-electron chi connectivity index (χ2n) is 8.79. The molecule has 0 aliphatic rings. The number of benzene rings is 2. The van der Waals surface area contributed by atoms with Gasteiger partial charge in [-0.25, -0.2) is 9.78 Å². The lowest BCUT2D eigenvalue weighted by Crippen LogP contribution is -2.29. The van der Waals surface area contributed by atoms with Crippen LogP contribution in [0, 0.1) is 11.3 Å². The molecule has 3 amide bonds. The summed E-state index contributed by atoms with van der Waals surface area (Å²) < 4.78 is 10.8. The molecule has 42 heavy (non-hydrogen) atoms. The second kappa shape index (κ2) is 14.4. The summed E-state index contributed by atoms with van der Waals surface area (Å²) in [5, 5.41) is 28.5. The average Bonchev–Trinajstić information content (AvgIpc) is 3.55. The highest BCUT2D eigenvalue weighted by Gasteiger charge is 2.20. The Morgan fingerprint density at radius 2 is 1.79 bits per heavy atom. The van der Waals surface area contributed by atoms with E-state index in [4.69, 9.17) is 14.6 Å². The van der Waals surface area contributed by atoms with Gasteiger partial charge in [0, 0.05) is 36.9 Å². The number of nitrogens with zero attached hydrogens (tertiary/aromatic N) is 2. The van der Waals surface area contributed by atoms with E-state index in [0.717, 1.165) is 0 Å². The quantitative estimate of drug-likeness (QED) is 0.134. The Hall–Kier alpha value is -5.25. The number of aromatic nitrogens is 1. The molecule has 4 aromatic rings. The highest BCUT2D eigenvalue weighted by atomic mass is 32.1. The maximum atomic E-state index is 13.0. The van der Waals surface area contributed by atoms with Gasteiger partial charge in [-0.15, -0.1) is 11.3 Å². The van der Waals surface area contributed by atoms with E-state index in [2.05, 4.69) is 27.0 Å². The summed E-state index contributed by atoms with van der Waals surface area (Å²) in [5.74, 6) is -0.217. The first-order chi connectivity index (χ1) is 20.4. The Kier molecular flexibility index (Phi) is 10.2. The van der Waals surface area contributed by atoms with E-state index in [0.29, 0.717) is 45.0 Å². The van der Waals surface area contributed by atoms with Gasteiger partial charge in [-0.1, -0.05) is 30.3 Å². The molecule has 214 valence electrons. The van der Waals surface area contributed by atoms with Crippen LogP contribution in [0.3, 0.4) is 0 Å².